The van der Waals surface area contributed by atoms with Gasteiger partial charge in [-0.3, -0.25) is 9.88 Å². The van der Waals surface area contributed by atoms with E-state index >= 15 is 0 Å². The standard InChI is InChI=1S/C14H16BrN3S/c15-12-8-11(9-17-10-12)14(13-2-1-7-19-13)18-5-3-16-4-6-18/h1-2,7-10,14,16H,3-6H2/t14-/m0/s1. The normalized spacial score (nSPS) is 18.4. The van der Waals surface area contributed by atoms with Gasteiger partial charge in [0.1, 0.15) is 0 Å². The van der Waals surface area contributed by atoms with E-state index in [1.807, 2.05) is 23.7 Å². The Hall–Kier alpha value is -0.750. The molecule has 1 N–H and O–H groups in total. The van der Waals surface area contributed by atoms with Gasteiger partial charge in [0.25, 0.3) is 0 Å². The minimum absolute atomic E-state index is 0.326. The summed E-state index contributed by atoms with van der Waals surface area (Å²) in [6.45, 7) is 4.27. The van der Waals surface area contributed by atoms with Crippen LogP contribution in [0.2, 0.25) is 0 Å². The van der Waals surface area contributed by atoms with Crippen molar-refractivity contribution in [3.05, 3.63) is 50.9 Å². The van der Waals surface area contributed by atoms with E-state index in [1.165, 1.54) is 10.4 Å². The SMILES string of the molecule is Brc1cncc([C@@H](c2cccs2)N2CCNCC2)c1. The number of halogens is 1. The zero-order chi connectivity index (χ0) is 13.1. The third-order valence-corrected chi connectivity index (χ3v) is 4.73. The molecule has 0 spiro atoms. The van der Waals surface area contributed by atoms with Crippen LogP contribution in [0, 0.1) is 0 Å². The van der Waals surface area contributed by atoms with E-state index in [2.05, 4.69) is 54.7 Å². The van der Waals surface area contributed by atoms with Crippen LogP contribution in [0.15, 0.2) is 40.4 Å². The highest BCUT2D eigenvalue weighted by molar-refractivity contribution is 9.10. The largest absolute Gasteiger partial charge is 0.314 e. The molecule has 100 valence electrons. The number of hydrogen-bond acceptors (Lipinski definition) is 4. The molecule has 5 heteroatoms. The Kier molecular flexibility index (Phi) is 4.28. The van der Waals surface area contributed by atoms with Crippen molar-refractivity contribution in [2.75, 3.05) is 26.2 Å². The number of nitrogens with zero attached hydrogens (tertiary/aromatic N) is 2. The molecule has 0 aromatic carbocycles. The predicted molar refractivity (Wildman–Crippen MR) is 82.5 cm³/mol. The van der Waals surface area contributed by atoms with Gasteiger partial charge in [0, 0.05) is 47.9 Å². The second kappa shape index (κ2) is 6.13. The summed E-state index contributed by atoms with van der Waals surface area (Å²) >= 11 is 5.35. The zero-order valence-electron chi connectivity index (χ0n) is 10.6. The monoisotopic (exact) mass is 337 g/mol. The molecule has 2 aromatic heterocycles. The maximum Gasteiger partial charge on any atom is 0.0712 e. The Labute approximate surface area is 125 Å². The van der Waals surface area contributed by atoms with E-state index in [9.17, 15) is 0 Å². The van der Waals surface area contributed by atoms with E-state index in [0.29, 0.717) is 6.04 Å². The molecule has 19 heavy (non-hydrogen) atoms. The molecule has 0 bridgehead atoms. The third kappa shape index (κ3) is 3.05. The van der Waals surface area contributed by atoms with Crippen molar-refractivity contribution < 1.29 is 0 Å². The number of piperazine rings is 1. The predicted octanol–water partition coefficient (Wildman–Crippen LogP) is 2.90. The number of nitrogens with one attached hydrogen (secondary N) is 1. The third-order valence-electron chi connectivity index (χ3n) is 3.37. The van der Waals surface area contributed by atoms with Crippen molar-refractivity contribution in [2.24, 2.45) is 0 Å². The lowest BCUT2D eigenvalue weighted by atomic mass is 10.0. The quantitative estimate of drug-likeness (QED) is 0.933. The first-order valence-electron chi connectivity index (χ1n) is 6.43. The van der Waals surface area contributed by atoms with Crippen LogP contribution in [0.25, 0.3) is 0 Å². The van der Waals surface area contributed by atoms with Gasteiger partial charge < -0.3 is 5.32 Å². The zero-order valence-corrected chi connectivity index (χ0v) is 13.0. The summed E-state index contributed by atoms with van der Waals surface area (Å²) in [4.78, 5) is 8.25. The summed E-state index contributed by atoms with van der Waals surface area (Å²) < 4.78 is 1.04. The van der Waals surface area contributed by atoms with Crippen molar-refractivity contribution in [3.8, 4) is 0 Å². The minimum atomic E-state index is 0.326. The highest BCUT2D eigenvalue weighted by Gasteiger charge is 2.24. The lowest BCUT2D eigenvalue weighted by molar-refractivity contribution is 0.200. The lowest BCUT2D eigenvalue weighted by Gasteiger charge is -2.34. The van der Waals surface area contributed by atoms with Gasteiger partial charge in [0.05, 0.1) is 6.04 Å². The van der Waals surface area contributed by atoms with Crippen molar-refractivity contribution in [1.82, 2.24) is 15.2 Å². The summed E-state index contributed by atoms with van der Waals surface area (Å²) in [5, 5.41) is 5.56. The first-order chi connectivity index (χ1) is 9.34. The van der Waals surface area contributed by atoms with Gasteiger partial charge in [0.15, 0.2) is 0 Å². The molecule has 2 aromatic rings. The molecule has 3 rings (SSSR count). The van der Waals surface area contributed by atoms with E-state index in [1.54, 1.807) is 0 Å². The van der Waals surface area contributed by atoms with Crippen LogP contribution in [0.5, 0.6) is 0 Å². The van der Waals surface area contributed by atoms with Crippen LogP contribution in [0.1, 0.15) is 16.5 Å². The van der Waals surface area contributed by atoms with E-state index in [-0.39, 0.29) is 0 Å². The van der Waals surface area contributed by atoms with Gasteiger partial charge in [-0.25, -0.2) is 0 Å². The number of thiophene rings is 1. The van der Waals surface area contributed by atoms with Crippen LogP contribution in [-0.4, -0.2) is 36.1 Å². The second-order valence-electron chi connectivity index (χ2n) is 4.64. The van der Waals surface area contributed by atoms with Crippen LogP contribution in [0.4, 0.5) is 0 Å². The van der Waals surface area contributed by atoms with Crippen molar-refractivity contribution in [1.29, 1.82) is 0 Å². The molecule has 1 aliphatic heterocycles. The van der Waals surface area contributed by atoms with Gasteiger partial charge in [-0.1, -0.05) is 6.07 Å². The smallest absolute Gasteiger partial charge is 0.0712 e. The molecule has 1 saturated heterocycles. The topological polar surface area (TPSA) is 28.2 Å². The second-order valence-corrected chi connectivity index (χ2v) is 6.54. The molecular formula is C14H16BrN3S. The van der Waals surface area contributed by atoms with E-state index in [0.717, 1.165) is 30.7 Å². The maximum absolute atomic E-state index is 4.33. The van der Waals surface area contributed by atoms with Gasteiger partial charge in [-0.05, 0) is 39.0 Å². The van der Waals surface area contributed by atoms with Crippen molar-refractivity contribution in [2.45, 2.75) is 6.04 Å². The van der Waals surface area contributed by atoms with Gasteiger partial charge in [0.2, 0.25) is 0 Å². The first kappa shape index (κ1) is 13.2. The molecule has 1 aliphatic rings. The van der Waals surface area contributed by atoms with Crippen LogP contribution in [-0.2, 0) is 0 Å². The lowest BCUT2D eigenvalue weighted by Crippen LogP contribution is -2.45. The maximum atomic E-state index is 4.33. The Balaban J connectivity index is 1.96. The molecular weight excluding hydrogens is 322 g/mol. The molecule has 1 fully saturated rings. The van der Waals surface area contributed by atoms with Crippen LogP contribution in [0.3, 0.4) is 0 Å². The summed E-state index contributed by atoms with van der Waals surface area (Å²) in [5.74, 6) is 0. The highest BCUT2D eigenvalue weighted by Crippen LogP contribution is 2.32. The average molecular weight is 338 g/mol. The van der Waals surface area contributed by atoms with Crippen LogP contribution >= 0.6 is 27.3 Å². The van der Waals surface area contributed by atoms with Gasteiger partial charge in [-0.15, -0.1) is 11.3 Å². The number of aromatic nitrogens is 1. The fraction of sp³-hybridized carbons (Fsp3) is 0.357. The van der Waals surface area contributed by atoms with Gasteiger partial charge >= 0.3 is 0 Å². The summed E-state index contributed by atoms with van der Waals surface area (Å²) in [7, 11) is 0. The number of rotatable bonds is 3. The Bertz CT molecular complexity index is 523. The molecule has 0 unspecified atom stereocenters. The van der Waals surface area contributed by atoms with E-state index < -0.39 is 0 Å². The number of hydrogen-bond donors (Lipinski definition) is 1. The summed E-state index contributed by atoms with van der Waals surface area (Å²) in [6.07, 6.45) is 3.82. The Morgan fingerprint density at radius 1 is 1.32 bits per heavy atom. The van der Waals surface area contributed by atoms with Crippen LogP contribution < -0.4 is 5.32 Å². The highest BCUT2D eigenvalue weighted by atomic mass is 79.9. The fourth-order valence-corrected chi connectivity index (χ4v) is 3.79. The first-order valence-corrected chi connectivity index (χ1v) is 8.10. The van der Waals surface area contributed by atoms with E-state index in [4.69, 9.17) is 0 Å². The minimum Gasteiger partial charge on any atom is -0.314 e. The molecule has 3 heterocycles. The summed E-state index contributed by atoms with van der Waals surface area (Å²) in [6, 6.07) is 6.85. The van der Waals surface area contributed by atoms with Gasteiger partial charge in [-0.2, -0.15) is 0 Å². The number of pyridine rings is 1. The molecule has 1 atom stereocenters. The fourth-order valence-electron chi connectivity index (χ4n) is 2.52. The van der Waals surface area contributed by atoms with Crippen molar-refractivity contribution >= 4 is 27.3 Å². The Morgan fingerprint density at radius 3 is 2.84 bits per heavy atom. The molecule has 0 radical (unpaired) electrons. The average Bonchev–Trinajstić information content (AvgIpc) is 2.94. The summed E-state index contributed by atoms with van der Waals surface area (Å²) in [5.41, 5.74) is 1.26. The Morgan fingerprint density at radius 2 is 2.16 bits per heavy atom. The molecule has 3 nitrogen and oxygen atoms in total. The molecule has 0 amide bonds. The van der Waals surface area contributed by atoms with Crippen molar-refractivity contribution in [3.63, 3.8) is 0 Å². The molecule has 0 saturated carbocycles. The molecule has 0 aliphatic carbocycles.